The SMILES string of the molecule is Cc1cccc(C(C)C)c1NC(=O)C(C)Sc1ccc(Br)cc1. The Hall–Kier alpha value is -1.26. The smallest absolute Gasteiger partial charge is 0.237 e. The fourth-order valence-corrected chi connectivity index (χ4v) is 3.47. The van der Waals surface area contributed by atoms with Crippen molar-refractivity contribution in [3.63, 3.8) is 0 Å². The third-order valence-electron chi connectivity index (χ3n) is 3.67. The number of nitrogens with one attached hydrogen (secondary N) is 1. The molecular weight excluding hydrogens is 370 g/mol. The van der Waals surface area contributed by atoms with Gasteiger partial charge in [-0.2, -0.15) is 0 Å². The zero-order valence-corrected chi connectivity index (χ0v) is 16.3. The number of carbonyl (C=O) groups excluding carboxylic acids is 1. The van der Waals surface area contributed by atoms with E-state index < -0.39 is 0 Å². The van der Waals surface area contributed by atoms with Gasteiger partial charge in [0.15, 0.2) is 0 Å². The molecule has 1 atom stereocenters. The fourth-order valence-electron chi connectivity index (χ4n) is 2.34. The third kappa shape index (κ3) is 4.85. The summed E-state index contributed by atoms with van der Waals surface area (Å²) in [7, 11) is 0. The first kappa shape index (κ1) is 18.1. The van der Waals surface area contributed by atoms with Gasteiger partial charge in [0.2, 0.25) is 5.91 Å². The van der Waals surface area contributed by atoms with Crippen LogP contribution in [0, 0.1) is 6.92 Å². The summed E-state index contributed by atoms with van der Waals surface area (Å²) in [6, 6.07) is 14.2. The maximum Gasteiger partial charge on any atom is 0.237 e. The van der Waals surface area contributed by atoms with E-state index >= 15 is 0 Å². The van der Waals surface area contributed by atoms with Gasteiger partial charge in [0, 0.05) is 15.1 Å². The molecule has 0 aliphatic carbocycles. The molecule has 0 spiro atoms. The molecule has 23 heavy (non-hydrogen) atoms. The summed E-state index contributed by atoms with van der Waals surface area (Å²) in [5.74, 6) is 0.411. The zero-order valence-electron chi connectivity index (χ0n) is 13.9. The number of hydrogen-bond donors (Lipinski definition) is 1. The number of aryl methyl sites for hydroxylation is 1. The van der Waals surface area contributed by atoms with Gasteiger partial charge in [0.25, 0.3) is 0 Å². The van der Waals surface area contributed by atoms with Crippen LogP contribution in [-0.2, 0) is 4.79 Å². The van der Waals surface area contributed by atoms with Crippen molar-refractivity contribution in [1.82, 2.24) is 0 Å². The Morgan fingerprint density at radius 3 is 2.35 bits per heavy atom. The van der Waals surface area contributed by atoms with E-state index in [0.29, 0.717) is 5.92 Å². The average Bonchev–Trinajstić information content (AvgIpc) is 2.51. The first-order valence-electron chi connectivity index (χ1n) is 7.71. The molecule has 2 aromatic carbocycles. The van der Waals surface area contributed by atoms with E-state index in [1.807, 2.05) is 50.2 Å². The molecule has 0 saturated carbocycles. The molecule has 0 aliphatic rings. The quantitative estimate of drug-likeness (QED) is 0.633. The van der Waals surface area contributed by atoms with E-state index in [1.165, 1.54) is 5.56 Å². The van der Waals surface area contributed by atoms with Crippen LogP contribution in [0.2, 0.25) is 0 Å². The summed E-state index contributed by atoms with van der Waals surface area (Å²) in [5, 5.41) is 2.97. The molecule has 2 nitrogen and oxygen atoms in total. The Labute approximate surface area is 151 Å². The Morgan fingerprint density at radius 2 is 1.74 bits per heavy atom. The largest absolute Gasteiger partial charge is 0.325 e. The number of benzene rings is 2. The van der Waals surface area contributed by atoms with Crippen LogP contribution in [0.5, 0.6) is 0 Å². The molecule has 0 bridgehead atoms. The molecule has 1 N–H and O–H groups in total. The van der Waals surface area contributed by atoms with Crippen LogP contribution in [0.25, 0.3) is 0 Å². The summed E-state index contributed by atoms with van der Waals surface area (Å²) in [5.41, 5.74) is 3.24. The second kappa shape index (κ2) is 8.02. The predicted molar refractivity (Wildman–Crippen MR) is 103 cm³/mol. The molecule has 4 heteroatoms. The third-order valence-corrected chi connectivity index (χ3v) is 5.31. The molecule has 0 aliphatic heterocycles. The van der Waals surface area contributed by atoms with Crippen LogP contribution in [0.15, 0.2) is 51.8 Å². The van der Waals surface area contributed by atoms with Crippen molar-refractivity contribution in [2.45, 2.75) is 43.8 Å². The normalized spacial score (nSPS) is 12.3. The number of para-hydroxylation sites is 1. The standard InChI is InChI=1S/C19H22BrNOS/c1-12(2)17-7-5-6-13(3)18(17)21-19(22)14(4)23-16-10-8-15(20)9-11-16/h5-12,14H,1-4H3,(H,21,22). The lowest BCUT2D eigenvalue weighted by Gasteiger charge is -2.18. The molecule has 122 valence electrons. The maximum atomic E-state index is 12.6. The van der Waals surface area contributed by atoms with Crippen molar-refractivity contribution in [3.05, 3.63) is 58.1 Å². The molecule has 0 saturated heterocycles. The highest BCUT2D eigenvalue weighted by molar-refractivity contribution is 9.10. The Kier molecular flexibility index (Phi) is 6.31. The highest BCUT2D eigenvalue weighted by Gasteiger charge is 2.18. The van der Waals surface area contributed by atoms with Gasteiger partial charge in [-0.25, -0.2) is 0 Å². The van der Waals surface area contributed by atoms with Crippen molar-refractivity contribution >= 4 is 39.3 Å². The van der Waals surface area contributed by atoms with Crippen LogP contribution in [0.4, 0.5) is 5.69 Å². The van der Waals surface area contributed by atoms with Gasteiger partial charge < -0.3 is 5.32 Å². The number of carbonyl (C=O) groups is 1. The van der Waals surface area contributed by atoms with Gasteiger partial charge in [-0.15, -0.1) is 11.8 Å². The average molecular weight is 392 g/mol. The second-order valence-corrected chi connectivity index (χ2v) is 8.23. The maximum absolute atomic E-state index is 12.6. The minimum Gasteiger partial charge on any atom is -0.325 e. The number of rotatable bonds is 5. The first-order valence-corrected chi connectivity index (χ1v) is 9.38. The Morgan fingerprint density at radius 1 is 1.09 bits per heavy atom. The lowest BCUT2D eigenvalue weighted by atomic mass is 9.98. The fraction of sp³-hybridized carbons (Fsp3) is 0.316. The number of hydrogen-bond acceptors (Lipinski definition) is 2. The van der Waals surface area contributed by atoms with Crippen LogP contribution >= 0.6 is 27.7 Å². The van der Waals surface area contributed by atoms with Crippen molar-refractivity contribution in [3.8, 4) is 0 Å². The second-order valence-electron chi connectivity index (χ2n) is 5.90. The Balaban J connectivity index is 2.11. The molecule has 2 aromatic rings. The molecule has 0 aromatic heterocycles. The summed E-state index contributed by atoms with van der Waals surface area (Å²) < 4.78 is 1.04. The molecule has 2 rings (SSSR count). The Bertz CT molecular complexity index is 682. The highest BCUT2D eigenvalue weighted by atomic mass is 79.9. The van der Waals surface area contributed by atoms with Gasteiger partial charge in [0.05, 0.1) is 5.25 Å². The van der Waals surface area contributed by atoms with Gasteiger partial charge in [0.1, 0.15) is 0 Å². The lowest BCUT2D eigenvalue weighted by molar-refractivity contribution is -0.115. The van der Waals surface area contributed by atoms with E-state index in [0.717, 1.165) is 20.6 Å². The number of amides is 1. The van der Waals surface area contributed by atoms with Crippen LogP contribution in [-0.4, -0.2) is 11.2 Å². The summed E-state index contributed by atoms with van der Waals surface area (Å²) >= 11 is 4.99. The van der Waals surface area contributed by atoms with E-state index in [9.17, 15) is 4.79 Å². The lowest BCUT2D eigenvalue weighted by Crippen LogP contribution is -2.23. The minimum absolute atomic E-state index is 0.0362. The molecule has 0 radical (unpaired) electrons. The van der Waals surface area contributed by atoms with Crippen molar-refractivity contribution in [2.75, 3.05) is 5.32 Å². The predicted octanol–water partition coefficient (Wildman–Crippen LogP) is 6.00. The highest BCUT2D eigenvalue weighted by Crippen LogP contribution is 2.30. The van der Waals surface area contributed by atoms with Crippen LogP contribution < -0.4 is 5.32 Å². The number of anilines is 1. The van der Waals surface area contributed by atoms with Crippen LogP contribution in [0.1, 0.15) is 37.8 Å². The monoisotopic (exact) mass is 391 g/mol. The summed E-state index contributed by atoms with van der Waals surface area (Å²) in [6.07, 6.45) is 0. The molecule has 1 amide bonds. The van der Waals surface area contributed by atoms with Gasteiger partial charge in [-0.05, 0) is 55.2 Å². The van der Waals surface area contributed by atoms with E-state index in [4.69, 9.17) is 0 Å². The van der Waals surface area contributed by atoms with Gasteiger partial charge in [-0.3, -0.25) is 4.79 Å². The first-order chi connectivity index (χ1) is 10.9. The van der Waals surface area contributed by atoms with Crippen LogP contribution in [0.3, 0.4) is 0 Å². The van der Waals surface area contributed by atoms with Crippen molar-refractivity contribution in [2.24, 2.45) is 0 Å². The summed E-state index contributed by atoms with van der Waals surface area (Å²) in [4.78, 5) is 13.7. The molecule has 1 unspecified atom stereocenters. The van der Waals surface area contributed by atoms with E-state index in [1.54, 1.807) is 11.8 Å². The molecule has 0 fully saturated rings. The zero-order chi connectivity index (χ0) is 17.0. The van der Waals surface area contributed by atoms with E-state index in [2.05, 4.69) is 41.2 Å². The van der Waals surface area contributed by atoms with Gasteiger partial charge >= 0.3 is 0 Å². The van der Waals surface area contributed by atoms with Crippen molar-refractivity contribution < 1.29 is 4.79 Å². The number of thioether (sulfide) groups is 1. The topological polar surface area (TPSA) is 29.1 Å². The van der Waals surface area contributed by atoms with Gasteiger partial charge in [-0.1, -0.05) is 48.0 Å². The summed E-state index contributed by atoms with van der Waals surface area (Å²) in [6.45, 7) is 8.26. The molecule has 0 heterocycles. The minimum atomic E-state index is -0.157. The molecular formula is C19H22BrNOS. The van der Waals surface area contributed by atoms with E-state index in [-0.39, 0.29) is 11.2 Å². The number of halogens is 1. The van der Waals surface area contributed by atoms with Crippen molar-refractivity contribution in [1.29, 1.82) is 0 Å².